The maximum absolute atomic E-state index is 12.4. The van der Waals surface area contributed by atoms with Crippen LogP contribution in [0, 0.1) is 18.3 Å². The van der Waals surface area contributed by atoms with E-state index in [2.05, 4.69) is 6.08 Å². The van der Waals surface area contributed by atoms with Crippen LogP contribution in [0.25, 0.3) is 0 Å². The monoisotopic (exact) mass is 332 g/mol. The number of allylic oxidation sites excluding steroid dienone is 1. The zero-order chi connectivity index (χ0) is 17.7. The summed E-state index contributed by atoms with van der Waals surface area (Å²) >= 11 is 0. The molecule has 0 fully saturated rings. The van der Waals surface area contributed by atoms with Crippen molar-refractivity contribution in [2.75, 3.05) is 0 Å². The Hall–Kier alpha value is -1.55. The van der Waals surface area contributed by atoms with Gasteiger partial charge in [-0.2, -0.15) is 0 Å². The molecule has 4 nitrogen and oxygen atoms in total. The molecule has 0 spiro atoms. The second-order valence-corrected chi connectivity index (χ2v) is 8.14. The second kappa shape index (κ2) is 5.76. The lowest BCUT2D eigenvalue weighted by atomic mass is 9.56. The third kappa shape index (κ3) is 2.52. The quantitative estimate of drug-likeness (QED) is 0.664. The molecule has 0 saturated heterocycles. The van der Waals surface area contributed by atoms with Crippen molar-refractivity contribution in [3.05, 3.63) is 34.8 Å². The van der Waals surface area contributed by atoms with Gasteiger partial charge in [0, 0.05) is 18.4 Å². The summed E-state index contributed by atoms with van der Waals surface area (Å²) in [7, 11) is 0. The molecule has 0 amide bonds. The molecule has 132 valence electrons. The van der Waals surface area contributed by atoms with E-state index in [1.54, 1.807) is 6.26 Å². The van der Waals surface area contributed by atoms with Gasteiger partial charge in [-0.05, 0) is 45.1 Å². The largest absolute Gasteiger partial charge is 0.468 e. The standard InChI is InChI=1S/C20H28O4/c1-12(2)9-16(21)24-18-17-13(3)11-23-15(17)10-14-7-6-8-19(4,22)20(14,18)5/h7,11-12,18,22H,6,8-10H2,1-5H3/t18-,19-,20-/m1/s1. The Morgan fingerprint density at radius 1 is 1.46 bits per heavy atom. The molecule has 0 aromatic carbocycles. The number of hydrogen-bond donors (Lipinski definition) is 1. The van der Waals surface area contributed by atoms with Crippen molar-refractivity contribution >= 4 is 5.97 Å². The topological polar surface area (TPSA) is 59.7 Å². The zero-order valence-corrected chi connectivity index (χ0v) is 15.3. The van der Waals surface area contributed by atoms with E-state index >= 15 is 0 Å². The third-order valence-corrected chi connectivity index (χ3v) is 5.87. The molecule has 24 heavy (non-hydrogen) atoms. The number of rotatable bonds is 3. The highest BCUT2D eigenvalue weighted by Crippen LogP contribution is 2.59. The lowest BCUT2D eigenvalue weighted by Gasteiger charge is -2.53. The van der Waals surface area contributed by atoms with Crippen LogP contribution in [0.4, 0.5) is 0 Å². The van der Waals surface area contributed by atoms with Crippen LogP contribution in [-0.4, -0.2) is 16.7 Å². The first-order valence-corrected chi connectivity index (χ1v) is 8.85. The summed E-state index contributed by atoms with van der Waals surface area (Å²) in [5, 5.41) is 11.2. The van der Waals surface area contributed by atoms with E-state index < -0.39 is 17.1 Å². The van der Waals surface area contributed by atoms with Gasteiger partial charge in [-0.1, -0.05) is 25.5 Å². The maximum atomic E-state index is 12.4. The van der Waals surface area contributed by atoms with Crippen LogP contribution in [0.2, 0.25) is 0 Å². The maximum Gasteiger partial charge on any atom is 0.306 e. The number of furan rings is 1. The molecular formula is C20H28O4. The molecule has 0 bridgehead atoms. The number of carbonyl (C=O) groups excluding carboxylic acids is 1. The van der Waals surface area contributed by atoms with Crippen LogP contribution in [0.15, 0.2) is 22.3 Å². The Morgan fingerprint density at radius 3 is 2.83 bits per heavy atom. The van der Waals surface area contributed by atoms with E-state index in [-0.39, 0.29) is 11.9 Å². The molecule has 3 rings (SSSR count). The Labute approximate surface area is 143 Å². The molecule has 1 heterocycles. The highest BCUT2D eigenvalue weighted by Gasteiger charge is 2.58. The van der Waals surface area contributed by atoms with Crippen molar-refractivity contribution in [3.63, 3.8) is 0 Å². The number of fused-ring (bicyclic) bond motifs is 2. The number of hydrogen-bond acceptors (Lipinski definition) is 4. The number of ether oxygens (including phenoxy) is 1. The van der Waals surface area contributed by atoms with Crippen LogP contribution >= 0.6 is 0 Å². The minimum atomic E-state index is -0.929. The first kappa shape index (κ1) is 17.3. The number of esters is 1. The van der Waals surface area contributed by atoms with Crippen molar-refractivity contribution in [2.45, 2.75) is 72.0 Å². The van der Waals surface area contributed by atoms with E-state index in [9.17, 15) is 9.90 Å². The van der Waals surface area contributed by atoms with Gasteiger partial charge in [-0.3, -0.25) is 4.79 Å². The summed E-state index contributed by atoms with van der Waals surface area (Å²) in [6.45, 7) is 9.87. The van der Waals surface area contributed by atoms with Gasteiger partial charge in [0.1, 0.15) is 11.9 Å². The molecule has 2 aliphatic rings. The molecule has 0 aliphatic heterocycles. The molecule has 2 aliphatic carbocycles. The lowest BCUT2D eigenvalue weighted by molar-refractivity contribution is -0.173. The van der Waals surface area contributed by atoms with Crippen molar-refractivity contribution in [1.82, 2.24) is 0 Å². The fourth-order valence-electron chi connectivity index (χ4n) is 4.20. The first-order valence-electron chi connectivity index (χ1n) is 8.85. The summed E-state index contributed by atoms with van der Waals surface area (Å²) < 4.78 is 11.7. The lowest BCUT2D eigenvalue weighted by Crippen LogP contribution is -2.53. The highest BCUT2D eigenvalue weighted by molar-refractivity contribution is 5.70. The predicted molar refractivity (Wildman–Crippen MR) is 91.5 cm³/mol. The number of aryl methyl sites for hydroxylation is 1. The van der Waals surface area contributed by atoms with Crippen LogP contribution in [0.3, 0.4) is 0 Å². The molecule has 1 aromatic heterocycles. The molecule has 1 N–H and O–H groups in total. The minimum Gasteiger partial charge on any atom is -0.468 e. The average Bonchev–Trinajstić information content (AvgIpc) is 2.81. The first-order chi connectivity index (χ1) is 11.2. The van der Waals surface area contributed by atoms with E-state index in [0.717, 1.165) is 28.9 Å². The molecule has 0 radical (unpaired) electrons. The van der Waals surface area contributed by atoms with Gasteiger partial charge in [0.25, 0.3) is 0 Å². The van der Waals surface area contributed by atoms with Gasteiger partial charge in [0.2, 0.25) is 0 Å². The Kier molecular flexibility index (Phi) is 4.15. The Balaban J connectivity index is 2.09. The van der Waals surface area contributed by atoms with Crippen LogP contribution < -0.4 is 0 Å². The molecule has 4 heteroatoms. The van der Waals surface area contributed by atoms with E-state index in [0.29, 0.717) is 19.3 Å². The summed E-state index contributed by atoms with van der Waals surface area (Å²) in [6, 6.07) is 0. The van der Waals surface area contributed by atoms with Crippen LogP contribution in [0.5, 0.6) is 0 Å². The predicted octanol–water partition coefficient (Wildman–Crippen LogP) is 4.25. The van der Waals surface area contributed by atoms with Gasteiger partial charge < -0.3 is 14.3 Å². The fourth-order valence-corrected chi connectivity index (χ4v) is 4.20. The summed E-state index contributed by atoms with van der Waals surface area (Å²) in [5.74, 6) is 0.877. The molecule has 0 saturated carbocycles. The van der Waals surface area contributed by atoms with Crippen molar-refractivity contribution < 1.29 is 19.1 Å². The van der Waals surface area contributed by atoms with E-state index in [1.807, 2.05) is 34.6 Å². The highest BCUT2D eigenvalue weighted by atomic mass is 16.5. The third-order valence-electron chi connectivity index (χ3n) is 5.87. The second-order valence-electron chi connectivity index (χ2n) is 8.14. The van der Waals surface area contributed by atoms with Gasteiger partial charge in [0.05, 0.1) is 17.3 Å². The summed E-state index contributed by atoms with van der Waals surface area (Å²) in [5.41, 5.74) is 1.48. The Bertz CT molecular complexity index is 680. The van der Waals surface area contributed by atoms with Crippen LogP contribution in [0.1, 0.15) is 69.9 Å². The zero-order valence-electron chi connectivity index (χ0n) is 15.3. The smallest absolute Gasteiger partial charge is 0.306 e. The van der Waals surface area contributed by atoms with Gasteiger partial charge in [0.15, 0.2) is 0 Å². The molecule has 1 aromatic rings. The van der Waals surface area contributed by atoms with Crippen molar-refractivity contribution in [3.8, 4) is 0 Å². The fraction of sp³-hybridized carbons (Fsp3) is 0.650. The number of carbonyl (C=O) groups is 1. The Morgan fingerprint density at radius 2 is 2.17 bits per heavy atom. The summed E-state index contributed by atoms with van der Waals surface area (Å²) in [4.78, 5) is 12.4. The minimum absolute atomic E-state index is 0.217. The van der Waals surface area contributed by atoms with Crippen LogP contribution in [-0.2, 0) is 16.0 Å². The van der Waals surface area contributed by atoms with E-state index in [4.69, 9.17) is 9.15 Å². The van der Waals surface area contributed by atoms with Gasteiger partial charge in [-0.25, -0.2) is 0 Å². The van der Waals surface area contributed by atoms with Crippen molar-refractivity contribution in [2.24, 2.45) is 11.3 Å². The van der Waals surface area contributed by atoms with Crippen molar-refractivity contribution in [1.29, 1.82) is 0 Å². The average molecular weight is 332 g/mol. The van der Waals surface area contributed by atoms with Gasteiger partial charge >= 0.3 is 5.97 Å². The van der Waals surface area contributed by atoms with Gasteiger partial charge in [-0.15, -0.1) is 0 Å². The normalized spacial score (nSPS) is 32.1. The SMILES string of the molecule is Cc1coc2c1[C@@H](OC(=O)CC(C)C)[C@@]1(C)C(=CCC[C@@]1(C)O)C2. The number of aliphatic hydroxyl groups is 1. The summed E-state index contributed by atoms with van der Waals surface area (Å²) in [6.07, 6.45) is 5.95. The van der Waals surface area contributed by atoms with E-state index in [1.165, 1.54) is 0 Å². The molecule has 0 unspecified atom stereocenters. The molecule has 3 atom stereocenters. The molecular weight excluding hydrogens is 304 g/mol.